The van der Waals surface area contributed by atoms with Crippen molar-refractivity contribution in [2.45, 2.75) is 51.1 Å². The quantitative estimate of drug-likeness (QED) is 0.120. The minimum Gasteiger partial charge on any atom is -0.496 e. The number of amides is 3. The fourth-order valence-corrected chi connectivity index (χ4v) is 7.36. The number of hydrogen-bond acceptors (Lipinski definition) is 10. The van der Waals surface area contributed by atoms with Crippen molar-refractivity contribution in [1.82, 2.24) is 24.7 Å². The highest BCUT2D eigenvalue weighted by Crippen LogP contribution is 2.38. The lowest BCUT2D eigenvalue weighted by molar-refractivity contribution is -0.133. The van der Waals surface area contributed by atoms with Crippen LogP contribution >= 0.6 is 0 Å². The van der Waals surface area contributed by atoms with Gasteiger partial charge in [-0.3, -0.25) is 28.8 Å². The Morgan fingerprint density at radius 2 is 1.59 bits per heavy atom. The number of fused-ring (bicyclic) bond motifs is 2. The van der Waals surface area contributed by atoms with Gasteiger partial charge in [-0.15, -0.1) is 0 Å². The second-order valence-electron chi connectivity index (χ2n) is 13.9. The van der Waals surface area contributed by atoms with Gasteiger partial charge in [0, 0.05) is 80.1 Å². The normalized spacial score (nSPS) is 15.2. The third-order valence-corrected chi connectivity index (χ3v) is 10.2. The maximum Gasteiger partial charge on any atom is 0.274 e. The van der Waals surface area contributed by atoms with Crippen molar-refractivity contribution in [3.05, 3.63) is 75.8 Å². The molecule has 2 aromatic heterocycles. The lowest BCUT2D eigenvalue weighted by Crippen LogP contribution is -2.44. The number of nitrogens with one attached hydrogen (secondary N) is 2. The van der Waals surface area contributed by atoms with Crippen molar-refractivity contribution in [2.75, 3.05) is 47.1 Å². The van der Waals surface area contributed by atoms with Gasteiger partial charge in [0.25, 0.3) is 17.4 Å². The van der Waals surface area contributed by atoms with Crippen molar-refractivity contribution in [3.63, 3.8) is 0 Å². The lowest BCUT2D eigenvalue weighted by atomic mass is 9.92. The van der Waals surface area contributed by atoms with Crippen molar-refractivity contribution < 1.29 is 42.9 Å². The molecule has 0 saturated heterocycles. The van der Waals surface area contributed by atoms with E-state index in [1.807, 2.05) is 42.2 Å². The van der Waals surface area contributed by atoms with Crippen LogP contribution in [0.1, 0.15) is 53.6 Å². The maximum atomic E-state index is 13.0. The predicted octanol–water partition coefficient (Wildman–Crippen LogP) is 2.86. The number of rotatable bonds is 17. The molecule has 0 spiro atoms. The molecule has 1 aliphatic carbocycles. The van der Waals surface area contributed by atoms with Crippen molar-refractivity contribution in [1.29, 1.82) is 0 Å². The number of carbonyl (C=O) groups is 5. The standard InChI is InChI=1S/C41H47N5O10/c1-44-16-13-27-30(22-45(2)41(52)39(27)44)25-19-35(53-3)29(36(20-25)54-4)8-6-10-37(49)42-14-17-55-18-15-43-38(50)24-56-34-9-5-7-28-31(34)23-46(40(28)51)32-12-11-26(47)21-33(32)48/h5,7,9,13,16,19-20,22,32H,6,8,10-12,14-15,17-18,21,23-24H2,1-4H3,(H,42,49)(H,43,50). The van der Waals surface area contributed by atoms with Crippen LogP contribution in [0.15, 0.2) is 53.6 Å². The molecular weight excluding hydrogens is 722 g/mol. The second kappa shape index (κ2) is 17.7. The monoisotopic (exact) mass is 769 g/mol. The Bertz CT molecular complexity index is 2200. The highest BCUT2D eigenvalue weighted by atomic mass is 16.5. The topological polar surface area (TPSA) is 176 Å². The Morgan fingerprint density at radius 1 is 0.875 bits per heavy atom. The third-order valence-electron chi connectivity index (χ3n) is 10.2. The van der Waals surface area contributed by atoms with E-state index in [4.69, 9.17) is 18.9 Å². The van der Waals surface area contributed by atoms with Crippen LogP contribution in [0.4, 0.5) is 0 Å². The molecule has 1 fully saturated rings. The molecule has 15 nitrogen and oxygen atoms in total. The van der Waals surface area contributed by atoms with E-state index in [0.717, 1.165) is 22.1 Å². The molecule has 3 amide bonds. The number of carbonyl (C=O) groups excluding carboxylic acids is 5. The van der Waals surface area contributed by atoms with E-state index in [0.29, 0.717) is 59.7 Å². The number of hydrogen-bond donors (Lipinski definition) is 2. The van der Waals surface area contributed by atoms with Crippen LogP contribution in [0, 0.1) is 0 Å². The zero-order chi connectivity index (χ0) is 39.9. The molecule has 2 aliphatic rings. The molecule has 3 heterocycles. The molecule has 1 aliphatic heterocycles. The number of Topliss-reactive ketones (excluding diaryl/α,β-unsaturated/α-hetero) is 2. The zero-order valence-corrected chi connectivity index (χ0v) is 32.1. The summed E-state index contributed by atoms with van der Waals surface area (Å²) in [5, 5.41) is 6.41. The van der Waals surface area contributed by atoms with Gasteiger partial charge >= 0.3 is 0 Å². The van der Waals surface area contributed by atoms with Crippen LogP contribution in [0.2, 0.25) is 0 Å². The fraction of sp³-hybridized carbons (Fsp3) is 0.415. The molecule has 0 bridgehead atoms. The first-order valence-electron chi connectivity index (χ1n) is 18.6. The van der Waals surface area contributed by atoms with Gasteiger partial charge in [-0.1, -0.05) is 6.07 Å². The van der Waals surface area contributed by atoms with Crippen LogP contribution < -0.4 is 30.4 Å². The van der Waals surface area contributed by atoms with Gasteiger partial charge in [-0.25, -0.2) is 0 Å². The number of pyridine rings is 1. The smallest absolute Gasteiger partial charge is 0.274 e. The Labute approximate surface area is 323 Å². The van der Waals surface area contributed by atoms with Crippen LogP contribution in [0.5, 0.6) is 17.2 Å². The number of ether oxygens (including phenoxy) is 4. The van der Waals surface area contributed by atoms with E-state index >= 15 is 0 Å². The second-order valence-corrected chi connectivity index (χ2v) is 13.9. The highest BCUT2D eigenvalue weighted by Gasteiger charge is 2.40. The van der Waals surface area contributed by atoms with E-state index in [1.165, 1.54) is 4.90 Å². The van der Waals surface area contributed by atoms with E-state index in [2.05, 4.69) is 10.6 Å². The zero-order valence-electron chi connectivity index (χ0n) is 32.1. The van der Waals surface area contributed by atoms with Crippen LogP contribution in [-0.2, 0) is 51.0 Å². The molecular formula is C41H47N5O10. The van der Waals surface area contributed by atoms with Gasteiger partial charge in [0.05, 0.1) is 46.4 Å². The predicted molar refractivity (Wildman–Crippen MR) is 206 cm³/mol. The van der Waals surface area contributed by atoms with Gasteiger partial charge in [0.2, 0.25) is 5.91 Å². The number of aryl methyl sites for hydroxylation is 2. The summed E-state index contributed by atoms with van der Waals surface area (Å²) in [4.78, 5) is 76.4. The van der Waals surface area contributed by atoms with Crippen LogP contribution in [0.25, 0.3) is 22.0 Å². The first-order valence-corrected chi connectivity index (χ1v) is 18.6. The average Bonchev–Trinajstić information content (AvgIpc) is 3.74. The lowest BCUT2D eigenvalue weighted by Gasteiger charge is -2.29. The van der Waals surface area contributed by atoms with Crippen molar-refractivity contribution >= 4 is 40.2 Å². The first-order chi connectivity index (χ1) is 27.0. The summed E-state index contributed by atoms with van der Waals surface area (Å²) in [5.41, 5.74) is 4.13. The minimum atomic E-state index is -0.635. The van der Waals surface area contributed by atoms with Crippen molar-refractivity contribution in [3.8, 4) is 28.4 Å². The summed E-state index contributed by atoms with van der Waals surface area (Å²) in [5.74, 6) is 0.518. The largest absolute Gasteiger partial charge is 0.496 e. The van der Waals surface area contributed by atoms with Crippen LogP contribution in [0.3, 0.4) is 0 Å². The molecule has 1 atom stereocenters. The SMILES string of the molecule is COc1cc(-c2cn(C)c(=O)c3c2ccn3C)cc(OC)c1CCCC(=O)NCCOCCNC(=O)COc1cccc2c1CN(C1CCC(=O)CC1=O)C2=O. The molecule has 2 aromatic carbocycles. The Balaban J connectivity index is 0.889. The van der Waals surface area contributed by atoms with Gasteiger partial charge in [-0.2, -0.15) is 0 Å². The minimum absolute atomic E-state index is 0.0813. The summed E-state index contributed by atoms with van der Waals surface area (Å²) >= 11 is 0. The van der Waals surface area contributed by atoms with E-state index in [-0.39, 0.29) is 87.0 Å². The molecule has 6 rings (SSSR count). The van der Waals surface area contributed by atoms with E-state index < -0.39 is 6.04 Å². The summed E-state index contributed by atoms with van der Waals surface area (Å²) in [6, 6.07) is 10.2. The Kier molecular flexibility index (Phi) is 12.5. The maximum absolute atomic E-state index is 13.0. The summed E-state index contributed by atoms with van der Waals surface area (Å²) in [7, 11) is 6.76. The molecule has 296 valence electrons. The number of nitrogens with zero attached hydrogens (tertiary/aromatic N) is 3. The highest BCUT2D eigenvalue weighted by molar-refractivity contribution is 6.07. The Hall–Kier alpha value is -5.96. The molecule has 0 radical (unpaired) electrons. The van der Waals surface area contributed by atoms with Gasteiger partial charge in [0.1, 0.15) is 28.5 Å². The first kappa shape index (κ1) is 39.7. The van der Waals surface area contributed by atoms with Gasteiger partial charge < -0.3 is 43.6 Å². The van der Waals surface area contributed by atoms with Crippen LogP contribution in [-0.4, -0.2) is 96.5 Å². The number of ketones is 2. The van der Waals surface area contributed by atoms with Gasteiger partial charge in [-0.05, 0) is 55.2 Å². The molecule has 4 aromatic rings. The van der Waals surface area contributed by atoms with Gasteiger partial charge in [0.15, 0.2) is 12.4 Å². The van der Waals surface area contributed by atoms with E-state index in [1.54, 1.807) is 44.0 Å². The molecule has 56 heavy (non-hydrogen) atoms. The number of methoxy groups -OCH3 is 2. The summed E-state index contributed by atoms with van der Waals surface area (Å²) in [6.07, 6.45) is 5.48. The summed E-state index contributed by atoms with van der Waals surface area (Å²) < 4.78 is 26.2. The summed E-state index contributed by atoms with van der Waals surface area (Å²) in [6.45, 7) is 0.942. The van der Waals surface area contributed by atoms with E-state index in [9.17, 15) is 28.8 Å². The Morgan fingerprint density at radius 3 is 2.29 bits per heavy atom. The molecule has 1 unspecified atom stereocenters. The average molecular weight is 770 g/mol. The fourth-order valence-electron chi connectivity index (χ4n) is 7.36. The number of benzene rings is 2. The molecule has 2 N–H and O–H groups in total. The molecule has 15 heteroatoms. The third kappa shape index (κ3) is 8.62. The molecule has 1 saturated carbocycles. The van der Waals surface area contributed by atoms with Crippen molar-refractivity contribution in [2.24, 2.45) is 14.1 Å². The number of aromatic nitrogens is 2.